The Bertz CT molecular complexity index is 544. The van der Waals surface area contributed by atoms with Gasteiger partial charge in [0.25, 0.3) is 0 Å². The zero-order valence-corrected chi connectivity index (χ0v) is 14.9. The monoisotopic (exact) mass is 328 g/mol. The van der Waals surface area contributed by atoms with Gasteiger partial charge in [-0.25, -0.2) is 0 Å². The molecule has 1 aliphatic heterocycles. The molecule has 0 spiro atoms. The molecule has 0 saturated carbocycles. The van der Waals surface area contributed by atoms with Gasteiger partial charge in [-0.15, -0.1) is 11.3 Å². The summed E-state index contributed by atoms with van der Waals surface area (Å²) in [6, 6.07) is 16.5. The van der Waals surface area contributed by atoms with E-state index in [4.69, 9.17) is 0 Å². The average molecular weight is 329 g/mol. The Morgan fingerprint density at radius 2 is 1.91 bits per heavy atom. The molecule has 124 valence electrons. The largest absolute Gasteiger partial charge is 0.311 e. The van der Waals surface area contributed by atoms with Gasteiger partial charge in [0.15, 0.2) is 0 Å². The van der Waals surface area contributed by atoms with Crippen molar-refractivity contribution in [1.82, 2.24) is 10.2 Å². The van der Waals surface area contributed by atoms with E-state index < -0.39 is 0 Å². The summed E-state index contributed by atoms with van der Waals surface area (Å²) in [7, 11) is 0. The Labute approximate surface area is 144 Å². The second-order valence-electron chi connectivity index (χ2n) is 6.70. The highest BCUT2D eigenvalue weighted by molar-refractivity contribution is 7.09. The van der Waals surface area contributed by atoms with E-state index in [0.717, 1.165) is 6.42 Å². The third kappa shape index (κ3) is 5.45. The average Bonchev–Trinajstić information content (AvgIpc) is 3.08. The van der Waals surface area contributed by atoms with Crippen LogP contribution < -0.4 is 5.32 Å². The highest BCUT2D eigenvalue weighted by atomic mass is 32.1. The normalized spacial score (nSPS) is 18.1. The molecular weight excluding hydrogens is 300 g/mol. The van der Waals surface area contributed by atoms with Crippen LogP contribution in [0.2, 0.25) is 0 Å². The maximum Gasteiger partial charge on any atom is 0.00940 e. The first kappa shape index (κ1) is 16.7. The van der Waals surface area contributed by atoms with E-state index in [-0.39, 0.29) is 0 Å². The van der Waals surface area contributed by atoms with E-state index >= 15 is 0 Å². The van der Waals surface area contributed by atoms with Crippen molar-refractivity contribution in [3.8, 4) is 0 Å². The molecule has 0 bridgehead atoms. The summed E-state index contributed by atoms with van der Waals surface area (Å²) in [6.07, 6.45) is 4.90. The molecule has 2 nitrogen and oxygen atoms in total. The van der Waals surface area contributed by atoms with E-state index in [1.807, 2.05) is 11.3 Å². The number of thiophene rings is 1. The van der Waals surface area contributed by atoms with Crippen LogP contribution in [-0.4, -0.2) is 36.6 Å². The molecule has 3 rings (SSSR count). The Hall–Kier alpha value is -1.16. The summed E-state index contributed by atoms with van der Waals surface area (Å²) in [6.45, 7) is 5.98. The second kappa shape index (κ2) is 8.62. The molecular formula is C20H28N2S. The topological polar surface area (TPSA) is 15.3 Å². The predicted octanol–water partition coefficient (Wildman–Crippen LogP) is 3.98. The molecule has 1 N–H and O–H groups in total. The molecule has 23 heavy (non-hydrogen) atoms. The van der Waals surface area contributed by atoms with Gasteiger partial charge in [0.05, 0.1) is 0 Å². The summed E-state index contributed by atoms with van der Waals surface area (Å²) in [5.41, 5.74) is 1.46. The summed E-state index contributed by atoms with van der Waals surface area (Å²) in [5.74, 6) is 0. The minimum Gasteiger partial charge on any atom is -0.311 e. The number of benzene rings is 1. The summed E-state index contributed by atoms with van der Waals surface area (Å²) in [5, 5.41) is 6.01. The molecule has 0 radical (unpaired) electrons. The van der Waals surface area contributed by atoms with Crippen molar-refractivity contribution in [1.29, 1.82) is 0 Å². The first-order chi connectivity index (χ1) is 11.3. The predicted molar refractivity (Wildman–Crippen MR) is 100 cm³/mol. The highest BCUT2D eigenvalue weighted by Gasteiger charge is 2.20. The van der Waals surface area contributed by atoms with Crippen molar-refractivity contribution >= 4 is 11.3 Å². The number of likely N-dealkylation sites (tertiary alicyclic amines) is 1. The number of hydrogen-bond acceptors (Lipinski definition) is 3. The quantitative estimate of drug-likeness (QED) is 0.827. The third-order valence-corrected chi connectivity index (χ3v) is 5.65. The molecule has 1 aliphatic rings. The third-order valence-electron chi connectivity index (χ3n) is 4.75. The Balaban J connectivity index is 1.35. The van der Waals surface area contributed by atoms with Gasteiger partial charge in [-0.2, -0.15) is 0 Å². The van der Waals surface area contributed by atoms with Crippen molar-refractivity contribution in [3.63, 3.8) is 0 Å². The minimum absolute atomic E-state index is 0.578. The van der Waals surface area contributed by atoms with Crippen LogP contribution in [0.3, 0.4) is 0 Å². The van der Waals surface area contributed by atoms with Crippen molar-refractivity contribution in [2.45, 2.75) is 44.7 Å². The van der Waals surface area contributed by atoms with Crippen LogP contribution in [-0.2, 0) is 12.8 Å². The lowest BCUT2D eigenvalue weighted by Gasteiger charge is -2.34. The van der Waals surface area contributed by atoms with Gasteiger partial charge in [0, 0.05) is 23.5 Å². The minimum atomic E-state index is 0.578. The van der Waals surface area contributed by atoms with Crippen LogP contribution in [0, 0.1) is 0 Å². The highest BCUT2D eigenvalue weighted by Crippen LogP contribution is 2.15. The lowest BCUT2D eigenvalue weighted by atomic mass is 10.0. The first-order valence-electron chi connectivity index (χ1n) is 8.84. The van der Waals surface area contributed by atoms with Crippen LogP contribution in [0.1, 0.15) is 30.2 Å². The number of rotatable bonds is 7. The maximum absolute atomic E-state index is 3.83. The standard InChI is InChI=1S/C20H28N2S/c1-17(16-20-8-5-15-23-20)21-19-10-13-22(14-11-19)12-9-18-6-3-2-4-7-18/h2-8,15,17,19,21H,9-14,16H2,1H3. The lowest BCUT2D eigenvalue weighted by Crippen LogP contribution is -2.46. The molecule has 1 aromatic carbocycles. The smallest absolute Gasteiger partial charge is 0.00940 e. The van der Waals surface area contributed by atoms with Crippen LogP contribution in [0.5, 0.6) is 0 Å². The first-order valence-corrected chi connectivity index (χ1v) is 9.72. The van der Waals surface area contributed by atoms with Gasteiger partial charge in [-0.3, -0.25) is 0 Å². The number of nitrogens with one attached hydrogen (secondary N) is 1. The van der Waals surface area contributed by atoms with Crippen molar-refractivity contribution in [3.05, 3.63) is 58.3 Å². The maximum atomic E-state index is 3.83. The molecule has 1 aromatic heterocycles. The van der Waals surface area contributed by atoms with Gasteiger partial charge in [0.2, 0.25) is 0 Å². The molecule has 1 saturated heterocycles. The molecule has 3 heteroatoms. The van der Waals surface area contributed by atoms with E-state index in [2.05, 4.69) is 65.0 Å². The van der Waals surface area contributed by atoms with Crippen molar-refractivity contribution < 1.29 is 0 Å². The summed E-state index contributed by atoms with van der Waals surface area (Å²) in [4.78, 5) is 4.11. The van der Waals surface area contributed by atoms with Gasteiger partial charge in [-0.05, 0) is 62.7 Å². The molecule has 0 amide bonds. The van der Waals surface area contributed by atoms with Gasteiger partial charge < -0.3 is 10.2 Å². The zero-order chi connectivity index (χ0) is 15.9. The van der Waals surface area contributed by atoms with E-state index in [1.165, 1.54) is 49.3 Å². The van der Waals surface area contributed by atoms with Crippen LogP contribution in [0.15, 0.2) is 47.8 Å². The van der Waals surface area contributed by atoms with Gasteiger partial charge in [0.1, 0.15) is 0 Å². The summed E-state index contributed by atoms with van der Waals surface area (Å²) >= 11 is 1.87. The van der Waals surface area contributed by atoms with E-state index in [9.17, 15) is 0 Å². The number of nitrogens with zero attached hydrogens (tertiary/aromatic N) is 1. The fourth-order valence-electron chi connectivity index (χ4n) is 3.45. The van der Waals surface area contributed by atoms with E-state index in [1.54, 1.807) is 0 Å². The second-order valence-corrected chi connectivity index (χ2v) is 7.73. The zero-order valence-electron chi connectivity index (χ0n) is 14.1. The fraction of sp³-hybridized carbons (Fsp3) is 0.500. The Morgan fingerprint density at radius 1 is 1.13 bits per heavy atom. The molecule has 1 unspecified atom stereocenters. The molecule has 2 aromatic rings. The van der Waals surface area contributed by atoms with E-state index in [0.29, 0.717) is 12.1 Å². The van der Waals surface area contributed by atoms with Crippen LogP contribution >= 0.6 is 11.3 Å². The number of piperidine rings is 1. The van der Waals surface area contributed by atoms with Crippen LogP contribution in [0.4, 0.5) is 0 Å². The lowest BCUT2D eigenvalue weighted by molar-refractivity contribution is 0.194. The van der Waals surface area contributed by atoms with Crippen molar-refractivity contribution in [2.24, 2.45) is 0 Å². The number of hydrogen-bond donors (Lipinski definition) is 1. The Morgan fingerprint density at radius 3 is 2.61 bits per heavy atom. The van der Waals surface area contributed by atoms with Crippen LogP contribution in [0.25, 0.3) is 0 Å². The van der Waals surface area contributed by atoms with Gasteiger partial charge >= 0.3 is 0 Å². The molecule has 2 heterocycles. The van der Waals surface area contributed by atoms with Crippen molar-refractivity contribution in [2.75, 3.05) is 19.6 Å². The molecule has 0 aliphatic carbocycles. The Kier molecular flexibility index (Phi) is 6.26. The fourth-order valence-corrected chi connectivity index (χ4v) is 4.28. The molecule has 1 fully saturated rings. The van der Waals surface area contributed by atoms with Gasteiger partial charge in [-0.1, -0.05) is 36.4 Å². The summed E-state index contributed by atoms with van der Waals surface area (Å²) < 4.78 is 0. The molecule has 1 atom stereocenters. The SMILES string of the molecule is CC(Cc1cccs1)NC1CCN(CCc2ccccc2)CC1.